The van der Waals surface area contributed by atoms with E-state index in [9.17, 15) is 9.59 Å². The zero-order valence-corrected chi connectivity index (χ0v) is 17.9. The number of nitrogens with zero attached hydrogens (tertiary/aromatic N) is 3. The number of amides is 2. The van der Waals surface area contributed by atoms with Gasteiger partial charge in [0.1, 0.15) is 0 Å². The molecule has 2 heterocycles. The van der Waals surface area contributed by atoms with Crippen LogP contribution in [0.2, 0.25) is 5.02 Å². The van der Waals surface area contributed by atoms with Crippen LogP contribution in [0.15, 0.2) is 48.5 Å². The largest absolute Gasteiger partial charge is 0.324 e. The van der Waals surface area contributed by atoms with Gasteiger partial charge >= 0.3 is 0 Å². The van der Waals surface area contributed by atoms with Crippen molar-refractivity contribution in [2.24, 2.45) is 0 Å². The molecule has 1 saturated heterocycles. The van der Waals surface area contributed by atoms with Gasteiger partial charge in [-0.25, -0.2) is 0 Å². The fourth-order valence-corrected chi connectivity index (χ4v) is 4.40. The quantitative estimate of drug-likeness (QED) is 0.798. The van der Waals surface area contributed by atoms with E-state index in [0.29, 0.717) is 17.3 Å². The van der Waals surface area contributed by atoms with Crippen molar-refractivity contribution < 1.29 is 9.59 Å². The molecule has 0 bridgehead atoms. The van der Waals surface area contributed by atoms with Gasteiger partial charge in [-0.05, 0) is 37.1 Å². The predicted molar refractivity (Wildman–Crippen MR) is 120 cm³/mol. The zero-order valence-electron chi connectivity index (χ0n) is 17.2. The van der Waals surface area contributed by atoms with E-state index < -0.39 is 0 Å². The minimum absolute atomic E-state index is 0.0747. The number of para-hydroxylation sites is 2. The molecule has 0 spiro atoms. The van der Waals surface area contributed by atoms with Crippen LogP contribution in [0.4, 0.5) is 11.4 Å². The molecule has 0 aliphatic carbocycles. The number of carbonyl (C=O) groups is 2. The van der Waals surface area contributed by atoms with Gasteiger partial charge in [0.25, 0.3) is 0 Å². The summed E-state index contributed by atoms with van der Waals surface area (Å²) < 4.78 is 0. The molecule has 2 aliphatic heterocycles. The van der Waals surface area contributed by atoms with E-state index in [2.05, 4.69) is 21.2 Å². The molecule has 1 unspecified atom stereocenters. The molecule has 0 saturated carbocycles. The van der Waals surface area contributed by atoms with Crippen molar-refractivity contribution in [1.82, 2.24) is 9.80 Å². The standard InChI is InChI=1S/C23H27ClN4O2/c1-17(23(30)28-11-10-18-6-2-5-9-21(18)28)27-14-12-26(13-15-27)16-22(29)25-20-8-4-3-7-19(20)24/h2-9,17H,10-16H2,1H3,(H,25,29). The smallest absolute Gasteiger partial charge is 0.244 e. The fourth-order valence-electron chi connectivity index (χ4n) is 4.21. The van der Waals surface area contributed by atoms with E-state index >= 15 is 0 Å². The molecular weight excluding hydrogens is 400 g/mol. The molecule has 7 heteroatoms. The topological polar surface area (TPSA) is 55.9 Å². The summed E-state index contributed by atoms with van der Waals surface area (Å²) >= 11 is 6.11. The van der Waals surface area contributed by atoms with Crippen LogP contribution >= 0.6 is 11.6 Å². The van der Waals surface area contributed by atoms with Gasteiger partial charge in [0, 0.05) is 38.4 Å². The van der Waals surface area contributed by atoms with Gasteiger partial charge in [-0.1, -0.05) is 41.9 Å². The van der Waals surface area contributed by atoms with Crippen molar-refractivity contribution in [1.29, 1.82) is 0 Å². The highest BCUT2D eigenvalue weighted by atomic mass is 35.5. The third-order valence-electron chi connectivity index (χ3n) is 5.98. The third-order valence-corrected chi connectivity index (χ3v) is 6.31. The third kappa shape index (κ3) is 4.51. The maximum Gasteiger partial charge on any atom is 0.244 e. The van der Waals surface area contributed by atoms with Crippen LogP contribution in [0.25, 0.3) is 0 Å². The second-order valence-electron chi connectivity index (χ2n) is 7.88. The van der Waals surface area contributed by atoms with Crippen molar-refractivity contribution in [3.8, 4) is 0 Å². The predicted octanol–water partition coefficient (Wildman–Crippen LogP) is 2.87. The van der Waals surface area contributed by atoms with Gasteiger partial charge in [-0.15, -0.1) is 0 Å². The van der Waals surface area contributed by atoms with Crippen molar-refractivity contribution in [3.05, 3.63) is 59.1 Å². The molecule has 2 aliphatic rings. The lowest BCUT2D eigenvalue weighted by atomic mass is 10.1. The van der Waals surface area contributed by atoms with Gasteiger partial charge in [-0.2, -0.15) is 0 Å². The van der Waals surface area contributed by atoms with Crippen LogP contribution in [0.5, 0.6) is 0 Å². The van der Waals surface area contributed by atoms with Crippen molar-refractivity contribution in [2.45, 2.75) is 19.4 Å². The molecule has 6 nitrogen and oxygen atoms in total. The maximum atomic E-state index is 13.1. The molecule has 1 atom stereocenters. The molecule has 1 fully saturated rings. The Hall–Kier alpha value is -2.41. The molecule has 2 amide bonds. The highest BCUT2D eigenvalue weighted by Gasteiger charge is 2.32. The van der Waals surface area contributed by atoms with Gasteiger partial charge in [0.05, 0.1) is 23.3 Å². The second kappa shape index (κ2) is 9.16. The van der Waals surface area contributed by atoms with Crippen LogP contribution in [-0.4, -0.2) is 66.9 Å². The highest BCUT2D eigenvalue weighted by molar-refractivity contribution is 6.33. The Bertz CT molecular complexity index is 927. The maximum absolute atomic E-state index is 13.1. The molecular formula is C23H27ClN4O2. The highest BCUT2D eigenvalue weighted by Crippen LogP contribution is 2.28. The number of piperazine rings is 1. The molecule has 1 N–H and O–H groups in total. The Morgan fingerprint density at radius 2 is 1.70 bits per heavy atom. The summed E-state index contributed by atoms with van der Waals surface area (Å²) in [6.45, 7) is 6.10. The molecule has 4 rings (SSSR count). The van der Waals surface area contributed by atoms with E-state index in [1.807, 2.05) is 42.2 Å². The molecule has 2 aromatic carbocycles. The Labute approximate surface area is 182 Å². The number of rotatable bonds is 5. The SMILES string of the molecule is CC(C(=O)N1CCc2ccccc21)N1CCN(CC(=O)Nc2ccccc2Cl)CC1. The van der Waals surface area contributed by atoms with Crippen LogP contribution in [0.3, 0.4) is 0 Å². The van der Waals surface area contributed by atoms with E-state index in [1.54, 1.807) is 12.1 Å². The second-order valence-corrected chi connectivity index (χ2v) is 8.29. The Morgan fingerprint density at radius 3 is 2.47 bits per heavy atom. The summed E-state index contributed by atoms with van der Waals surface area (Å²) in [4.78, 5) is 31.7. The number of nitrogens with one attached hydrogen (secondary N) is 1. The fraction of sp³-hybridized carbons (Fsp3) is 0.391. The van der Waals surface area contributed by atoms with Gasteiger partial charge in [0.2, 0.25) is 11.8 Å². The van der Waals surface area contributed by atoms with E-state index in [0.717, 1.165) is 44.8 Å². The van der Waals surface area contributed by atoms with Crippen LogP contribution in [0.1, 0.15) is 12.5 Å². The molecule has 2 aromatic rings. The lowest BCUT2D eigenvalue weighted by Gasteiger charge is -2.38. The summed E-state index contributed by atoms with van der Waals surface area (Å²) in [6, 6.07) is 15.2. The van der Waals surface area contributed by atoms with Crippen molar-refractivity contribution in [3.63, 3.8) is 0 Å². The van der Waals surface area contributed by atoms with Crippen LogP contribution < -0.4 is 10.2 Å². The lowest BCUT2D eigenvalue weighted by Crippen LogP contribution is -2.55. The lowest BCUT2D eigenvalue weighted by molar-refractivity contribution is -0.124. The first-order valence-electron chi connectivity index (χ1n) is 10.4. The van der Waals surface area contributed by atoms with E-state index in [-0.39, 0.29) is 17.9 Å². The summed E-state index contributed by atoms with van der Waals surface area (Å²) in [5.74, 6) is 0.0826. The summed E-state index contributed by atoms with van der Waals surface area (Å²) in [5.41, 5.74) is 2.92. The first kappa shape index (κ1) is 20.8. The van der Waals surface area contributed by atoms with Crippen molar-refractivity contribution in [2.75, 3.05) is 49.5 Å². The summed E-state index contributed by atoms with van der Waals surface area (Å²) in [7, 11) is 0. The number of hydrogen-bond donors (Lipinski definition) is 1. The number of benzene rings is 2. The number of halogens is 1. The Kier molecular flexibility index (Phi) is 6.37. The number of carbonyl (C=O) groups excluding carboxylic acids is 2. The number of hydrogen-bond acceptors (Lipinski definition) is 4. The van der Waals surface area contributed by atoms with Crippen LogP contribution in [0, 0.1) is 0 Å². The van der Waals surface area contributed by atoms with Crippen molar-refractivity contribution >= 4 is 34.8 Å². The molecule has 158 valence electrons. The Balaban J connectivity index is 1.27. The van der Waals surface area contributed by atoms with Gasteiger partial charge in [0.15, 0.2) is 0 Å². The summed E-state index contributed by atoms with van der Waals surface area (Å²) in [5, 5.41) is 3.40. The van der Waals surface area contributed by atoms with E-state index in [1.165, 1.54) is 5.56 Å². The minimum Gasteiger partial charge on any atom is -0.324 e. The summed E-state index contributed by atoms with van der Waals surface area (Å²) in [6.07, 6.45) is 0.920. The van der Waals surface area contributed by atoms with E-state index in [4.69, 9.17) is 11.6 Å². The first-order valence-corrected chi connectivity index (χ1v) is 10.8. The average molecular weight is 427 g/mol. The first-order chi connectivity index (χ1) is 14.5. The minimum atomic E-state index is -0.171. The van der Waals surface area contributed by atoms with Gasteiger partial charge < -0.3 is 10.2 Å². The average Bonchev–Trinajstić information content (AvgIpc) is 3.19. The molecule has 0 radical (unpaired) electrons. The Morgan fingerprint density at radius 1 is 1.00 bits per heavy atom. The van der Waals surface area contributed by atoms with Gasteiger partial charge in [-0.3, -0.25) is 19.4 Å². The van der Waals surface area contributed by atoms with Crippen LogP contribution in [-0.2, 0) is 16.0 Å². The number of anilines is 2. The molecule has 30 heavy (non-hydrogen) atoms. The number of fused-ring (bicyclic) bond motifs is 1. The zero-order chi connectivity index (χ0) is 21.1. The monoisotopic (exact) mass is 426 g/mol. The normalized spacial score (nSPS) is 18.1. The molecule has 0 aromatic heterocycles.